The highest BCUT2D eigenvalue weighted by Crippen LogP contribution is 2.28. The molecule has 2 aromatic heterocycles. The summed E-state index contributed by atoms with van der Waals surface area (Å²) in [5.41, 5.74) is 2.45. The molecular formula is C14H11BrN4O. The van der Waals surface area contributed by atoms with Crippen LogP contribution in [0.2, 0.25) is 0 Å². The molecule has 0 saturated carbocycles. The molecule has 0 amide bonds. The first-order chi connectivity index (χ1) is 9.65. The Morgan fingerprint density at radius 2 is 1.85 bits per heavy atom. The van der Waals surface area contributed by atoms with Gasteiger partial charge in [0.2, 0.25) is 5.82 Å². The number of aryl methyl sites for hydroxylation is 2. The van der Waals surface area contributed by atoms with Gasteiger partial charge in [-0.05, 0) is 26.0 Å². The van der Waals surface area contributed by atoms with Crippen molar-refractivity contribution in [3.8, 4) is 22.8 Å². The van der Waals surface area contributed by atoms with E-state index in [1.807, 2.05) is 38.1 Å². The smallest absolute Gasteiger partial charge is 0.261 e. The van der Waals surface area contributed by atoms with E-state index in [1.165, 1.54) is 0 Å². The van der Waals surface area contributed by atoms with Crippen molar-refractivity contribution in [2.24, 2.45) is 0 Å². The van der Waals surface area contributed by atoms with Crippen molar-refractivity contribution in [3.05, 3.63) is 46.5 Å². The van der Waals surface area contributed by atoms with E-state index in [4.69, 9.17) is 4.52 Å². The first-order valence-electron chi connectivity index (χ1n) is 6.04. The van der Waals surface area contributed by atoms with Crippen LogP contribution in [0.25, 0.3) is 22.8 Å². The van der Waals surface area contributed by atoms with E-state index in [0.29, 0.717) is 11.7 Å². The number of hydrogen-bond acceptors (Lipinski definition) is 5. The van der Waals surface area contributed by atoms with E-state index in [-0.39, 0.29) is 0 Å². The molecule has 3 rings (SSSR count). The van der Waals surface area contributed by atoms with Crippen molar-refractivity contribution in [2.75, 3.05) is 0 Å². The first kappa shape index (κ1) is 12.9. The van der Waals surface area contributed by atoms with Gasteiger partial charge in [0.15, 0.2) is 0 Å². The molecule has 0 spiro atoms. The normalized spacial score (nSPS) is 10.8. The van der Waals surface area contributed by atoms with Gasteiger partial charge in [0, 0.05) is 16.2 Å². The number of hydrogen-bond donors (Lipinski definition) is 0. The van der Waals surface area contributed by atoms with Crippen molar-refractivity contribution in [3.63, 3.8) is 0 Å². The summed E-state index contributed by atoms with van der Waals surface area (Å²) in [6.07, 6.45) is 1.70. The largest absolute Gasteiger partial charge is 0.333 e. The van der Waals surface area contributed by atoms with Crippen LogP contribution in [0.5, 0.6) is 0 Å². The van der Waals surface area contributed by atoms with E-state index < -0.39 is 0 Å². The van der Waals surface area contributed by atoms with Crippen molar-refractivity contribution in [1.82, 2.24) is 20.1 Å². The van der Waals surface area contributed by atoms with Crippen LogP contribution in [0.1, 0.15) is 11.5 Å². The lowest BCUT2D eigenvalue weighted by molar-refractivity contribution is 0.431. The molecule has 0 fully saturated rings. The lowest BCUT2D eigenvalue weighted by atomic mass is 10.2. The van der Waals surface area contributed by atoms with Gasteiger partial charge in [0.1, 0.15) is 5.82 Å². The van der Waals surface area contributed by atoms with Crippen LogP contribution in [0, 0.1) is 13.8 Å². The van der Waals surface area contributed by atoms with Gasteiger partial charge in [-0.25, -0.2) is 9.97 Å². The predicted octanol–water partition coefficient (Wildman–Crippen LogP) is 3.57. The van der Waals surface area contributed by atoms with Crippen molar-refractivity contribution in [2.45, 2.75) is 13.8 Å². The Kier molecular flexibility index (Phi) is 3.31. The Labute approximate surface area is 124 Å². The second-order valence-electron chi connectivity index (χ2n) is 4.32. The van der Waals surface area contributed by atoms with Crippen LogP contribution in [-0.2, 0) is 0 Å². The number of halogens is 1. The van der Waals surface area contributed by atoms with E-state index in [9.17, 15) is 0 Å². The third kappa shape index (κ3) is 2.34. The van der Waals surface area contributed by atoms with Crippen LogP contribution in [0.4, 0.5) is 0 Å². The SMILES string of the molecule is Cc1ncc(-c2nc(-c3ccccc3Br)no2)c(C)n1. The van der Waals surface area contributed by atoms with Crippen molar-refractivity contribution >= 4 is 15.9 Å². The third-order valence-electron chi connectivity index (χ3n) is 2.87. The summed E-state index contributed by atoms with van der Waals surface area (Å²) in [4.78, 5) is 12.9. The van der Waals surface area contributed by atoms with Crippen LogP contribution < -0.4 is 0 Å². The third-order valence-corrected chi connectivity index (χ3v) is 3.56. The second-order valence-corrected chi connectivity index (χ2v) is 5.17. The zero-order valence-corrected chi connectivity index (χ0v) is 12.5. The fraction of sp³-hybridized carbons (Fsp3) is 0.143. The molecule has 2 heterocycles. The summed E-state index contributed by atoms with van der Waals surface area (Å²) >= 11 is 3.48. The lowest BCUT2D eigenvalue weighted by Crippen LogP contribution is -1.94. The molecular weight excluding hydrogens is 320 g/mol. The zero-order valence-electron chi connectivity index (χ0n) is 11.0. The van der Waals surface area contributed by atoms with Crippen LogP contribution in [0.15, 0.2) is 39.5 Å². The lowest BCUT2D eigenvalue weighted by Gasteiger charge is -1.99. The van der Waals surface area contributed by atoms with Gasteiger partial charge in [0.25, 0.3) is 5.89 Å². The quantitative estimate of drug-likeness (QED) is 0.718. The van der Waals surface area contributed by atoms with E-state index in [1.54, 1.807) is 6.20 Å². The first-order valence-corrected chi connectivity index (χ1v) is 6.83. The molecule has 100 valence electrons. The Morgan fingerprint density at radius 3 is 2.60 bits per heavy atom. The summed E-state index contributed by atoms with van der Waals surface area (Å²) in [6.45, 7) is 3.74. The Bertz CT molecular complexity index is 769. The van der Waals surface area contributed by atoms with Crippen molar-refractivity contribution < 1.29 is 4.52 Å². The fourth-order valence-electron chi connectivity index (χ4n) is 1.88. The standard InChI is InChI=1S/C14H11BrN4O/c1-8-11(7-16-9(2)17-8)14-18-13(19-20-14)10-5-3-4-6-12(10)15/h3-7H,1-2H3. The molecule has 0 aliphatic rings. The molecule has 0 N–H and O–H groups in total. The van der Waals surface area contributed by atoms with Crippen molar-refractivity contribution in [1.29, 1.82) is 0 Å². The molecule has 3 aromatic rings. The summed E-state index contributed by atoms with van der Waals surface area (Å²) < 4.78 is 6.24. The molecule has 0 aliphatic heterocycles. The molecule has 0 saturated heterocycles. The molecule has 20 heavy (non-hydrogen) atoms. The second kappa shape index (κ2) is 5.13. The van der Waals surface area contributed by atoms with Gasteiger partial charge in [-0.1, -0.05) is 33.2 Å². The maximum absolute atomic E-state index is 5.32. The molecule has 5 nitrogen and oxygen atoms in total. The molecule has 0 bridgehead atoms. The summed E-state index contributed by atoms with van der Waals surface area (Å²) in [7, 11) is 0. The number of aromatic nitrogens is 4. The summed E-state index contributed by atoms with van der Waals surface area (Å²) in [5.74, 6) is 1.68. The van der Waals surface area contributed by atoms with E-state index in [2.05, 4.69) is 36.0 Å². The average Bonchev–Trinajstić information content (AvgIpc) is 2.88. The number of benzene rings is 1. The molecule has 0 unspecified atom stereocenters. The maximum Gasteiger partial charge on any atom is 0.261 e. The zero-order chi connectivity index (χ0) is 14.1. The minimum absolute atomic E-state index is 0.424. The van der Waals surface area contributed by atoms with Crippen LogP contribution >= 0.6 is 15.9 Å². The van der Waals surface area contributed by atoms with Crippen LogP contribution in [0.3, 0.4) is 0 Å². The van der Waals surface area contributed by atoms with E-state index in [0.717, 1.165) is 27.1 Å². The Balaban J connectivity index is 2.04. The summed E-state index contributed by atoms with van der Waals surface area (Å²) in [6, 6.07) is 7.73. The summed E-state index contributed by atoms with van der Waals surface area (Å²) in [5, 5.41) is 4.02. The fourth-order valence-corrected chi connectivity index (χ4v) is 2.34. The van der Waals surface area contributed by atoms with Crippen LogP contribution in [-0.4, -0.2) is 20.1 Å². The Hall–Kier alpha value is -2.08. The molecule has 1 aromatic carbocycles. The molecule has 0 aliphatic carbocycles. The number of rotatable bonds is 2. The van der Waals surface area contributed by atoms with Gasteiger partial charge in [-0.3, -0.25) is 0 Å². The topological polar surface area (TPSA) is 64.7 Å². The highest BCUT2D eigenvalue weighted by atomic mass is 79.9. The van der Waals surface area contributed by atoms with Gasteiger partial charge < -0.3 is 4.52 Å². The maximum atomic E-state index is 5.32. The minimum atomic E-state index is 0.424. The highest BCUT2D eigenvalue weighted by molar-refractivity contribution is 9.10. The molecule has 0 atom stereocenters. The van der Waals surface area contributed by atoms with Gasteiger partial charge in [-0.15, -0.1) is 0 Å². The van der Waals surface area contributed by atoms with Gasteiger partial charge in [-0.2, -0.15) is 4.98 Å². The Morgan fingerprint density at radius 1 is 1.05 bits per heavy atom. The molecule has 0 radical (unpaired) electrons. The molecule has 6 heteroatoms. The number of nitrogens with zero attached hydrogens (tertiary/aromatic N) is 4. The van der Waals surface area contributed by atoms with Gasteiger partial charge in [0.05, 0.1) is 11.3 Å². The monoisotopic (exact) mass is 330 g/mol. The minimum Gasteiger partial charge on any atom is -0.333 e. The van der Waals surface area contributed by atoms with E-state index >= 15 is 0 Å². The predicted molar refractivity (Wildman–Crippen MR) is 77.9 cm³/mol. The van der Waals surface area contributed by atoms with Gasteiger partial charge >= 0.3 is 0 Å². The average molecular weight is 331 g/mol. The highest BCUT2D eigenvalue weighted by Gasteiger charge is 2.15.